The van der Waals surface area contributed by atoms with Crippen LogP contribution in [0.2, 0.25) is 0 Å². The maximum Gasteiger partial charge on any atom is 0.273 e. The van der Waals surface area contributed by atoms with Crippen molar-refractivity contribution in [2.75, 3.05) is 6.54 Å². The van der Waals surface area contributed by atoms with Crippen LogP contribution in [-0.4, -0.2) is 27.4 Å². The van der Waals surface area contributed by atoms with Crippen LogP contribution in [0.15, 0.2) is 28.1 Å². The van der Waals surface area contributed by atoms with Crippen molar-refractivity contribution in [1.82, 2.24) is 20.3 Å². The SMILES string of the molecule is Cc1cc(C(=O)NCCn2nc(C)c(-c3cccs3)c2C)no1. The molecule has 6 nitrogen and oxygen atoms in total. The first kappa shape index (κ1) is 15.5. The minimum atomic E-state index is -0.234. The number of nitrogens with one attached hydrogen (secondary N) is 1. The molecule has 0 aliphatic carbocycles. The second-order valence-corrected chi connectivity index (χ2v) is 6.27. The van der Waals surface area contributed by atoms with Crippen molar-refractivity contribution in [3.05, 3.63) is 46.4 Å². The van der Waals surface area contributed by atoms with E-state index in [1.54, 1.807) is 24.3 Å². The molecule has 3 rings (SSSR count). The third-order valence-electron chi connectivity index (χ3n) is 3.62. The van der Waals surface area contributed by atoms with Crippen molar-refractivity contribution in [1.29, 1.82) is 0 Å². The van der Waals surface area contributed by atoms with Crippen molar-refractivity contribution >= 4 is 17.2 Å². The van der Waals surface area contributed by atoms with Crippen molar-refractivity contribution in [3.63, 3.8) is 0 Å². The highest BCUT2D eigenvalue weighted by Crippen LogP contribution is 2.30. The van der Waals surface area contributed by atoms with E-state index >= 15 is 0 Å². The molecule has 0 unspecified atom stereocenters. The quantitative estimate of drug-likeness (QED) is 0.780. The molecular formula is C16H18N4O2S. The number of aryl methyl sites for hydroxylation is 2. The first-order valence-corrected chi connectivity index (χ1v) is 8.23. The fourth-order valence-corrected chi connectivity index (χ4v) is 3.41. The van der Waals surface area contributed by atoms with Crippen molar-refractivity contribution in [3.8, 4) is 10.4 Å². The van der Waals surface area contributed by atoms with Gasteiger partial charge in [-0.15, -0.1) is 11.3 Å². The molecule has 0 bridgehead atoms. The maximum absolute atomic E-state index is 11.9. The van der Waals surface area contributed by atoms with Gasteiger partial charge in [0.15, 0.2) is 5.69 Å². The van der Waals surface area contributed by atoms with Crippen LogP contribution in [0.3, 0.4) is 0 Å². The Morgan fingerprint density at radius 1 is 1.39 bits per heavy atom. The summed E-state index contributed by atoms with van der Waals surface area (Å²) in [7, 11) is 0. The molecule has 120 valence electrons. The van der Waals surface area contributed by atoms with Crippen LogP contribution in [0.1, 0.15) is 27.6 Å². The number of nitrogens with zero attached hydrogens (tertiary/aromatic N) is 3. The molecule has 1 amide bonds. The normalized spacial score (nSPS) is 10.9. The molecule has 0 fully saturated rings. The molecule has 3 aromatic heterocycles. The van der Waals surface area contributed by atoms with Gasteiger partial charge in [0.1, 0.15) is 5.76 Å². The summed E-state index contributed by atoms with van der Waals surface area (Å²) in [5.74, 6) is 0.385. The number of hydrogen-bond donors (Lipinski definition) is 1. The Hall–Kier alpha value is -2.41. The van der Waals surface area contributed by atoms with Gasteiger partial charge in [0.25, 0.3) is 5.91 Å². The molecule has 1 N–H and O–H groups in total. The average molecular weight is 330 g/mol. The van der Waals surface area contributed by atoms with Crippen molar-refractivity contribution in [2.24, 2.45) is 0 Å². The van der Waals surface area contributed by atoms with Gasteiger partial charge in [-0.2, -0.15) is 5.10 Å². The summed E-state index contributed by atoms with van der Waals surface area (Å²) in [6, 6.07) is 5.75. The molecule has 0 spiro atoms. The number of carbonyl (C=O) groups excluding carboxylic acids is 1. The fourth-order valence-electron chi connectivity index (χ4n) is 2.53. The fraction of sp³-hybridized carbons (Fsp3) is 0.312. The predicted molar refractivity (Wildman–Crippen MR) is 88.6 cm³/mol. The van der Waals surface area contributed by atoms with E-state index < -0.39 is 0 Å². The summed E-state index contributed by atoms with van der Waals surface area (Å²) >= 11 is 1.70. The van der Waals surface area contributed by atoms with Gasteiger partial charge < -0.3 is 9.84 Å². The molecule has 0 aliphatic rings. The Morgan fingerprint density at radius 3 is 2.87 bits per heavy atom. The number of amides is 1. The molecular weight excluding hydrogens is 312 g/mol. The molecule has 0 aromatic carbocycles. The van der Waals surface area contributed by atoms with Gasteiger partial charge in [-0.1, -0.05) is 11.2 Å². The standard InChI is InChI=1S/C16H18N4O2S/c1-10-9-13(19-22-10)16(21)17-6-7-20-12(3)15(11(2)18-20)14-5-4-8-23-14/h4-5,8-9H,6-7H2,1-3H3,(H,17,21). The van der Waals surface area contributed by atoms with Crippen LogP contribution >= 0.6 is 11.3 Å². The highest BCUT2D eigenvalue weighted by molar-refractivity contribution is 7.13. The highest BCUT2D eigenvalue weighted by Gasteiger charge is 2.15. The van der Waals surface area contributed by atoms with E-state index in [-0.39, 0.29) is 5.91 Å². The first-order valence-electron chi connectivity index (χ1n) is 7.35. The van der Waals surface area contributed by atoms with Crippen LogP contribution in [0.5, 0.6) is 0 Å². The Morgan fingerprint density at radius 2 is 2.22 bits per heavy atom. The first-order chi connectivity index (χ1) is 11.1. The van der Waals surface area contributed by atoms with Crippen molar-refractivity contribution < 1.29 is 9.32 Å². The van der Waals surface area contributed by atoms with Gasteiger partial charge in [0, 0.05) is 28.7 Å². The monoisotopic (exact) mass is 330 g/mol. The van der Waals surface area contributed by atoms with E-state index in [0.717, 1.165) is 11.4 Å². The average Bonchev–Trinajstić information content (AvgIpc) is 3.22. The molecule has 0 saturated heterocycles. The summed E-state index contributed by atoms with van der Waals surface area (Å²) in [4.78, 5) is 13.1. The summed E-state index contributed by atoms with van der Waals surface area (Å²) in [6.45, 7) is 6.91. The van der Waals surface area contributed by atoms with Gasteiger partial charge >= 0.3 is 0 Å². The van der Waals surface area contributed by atoms with Gasteiger partial charge in [-0.3, -0.25) is 9.48 Å². The van der Waals surface area contributed by atoms with E-state index in [1.165, 1.54) is 10.4 Å². The largest absolute Gasteiger partial charge is 0.361 e. The van der Waals surface area contributed by atoms with Gasteiger partial charge in [0.05, 0.1) is 12.2 Å². The lowest BCUT2D eigenvalue weighted by Gasteiger charge is -2.06. The Balaban J connectivity index is 1.65. The molecule has 3 aromatic rings. The smallest absolute Gasteiger partial charge is 0.273 e. The minimum absolute atomic E-state index is 0.234. The third-order valence-corrected chi connectivity index (χ3v) is 4.51. The van der Waals surface area contributed by atoms with E-state index in [2.05, 4.69) is 33.9 Å². The molecule has 3 heterocycles. The molecule has 7 heteroatoms. The predicted octanol–water partition coefficient (Wildman–Crippen LogP) is 2.95. The third kappa shape index (κ3) is 3.19. The number of carbonyl (C=O) groups is 1. The van der Waals surface area contributed by atoms with Gasteiger partial charge in [-0.25, -0.2) is 0 Å². The Kier molecular flexibility index (Phi) is 4.29. The van der Waals surface area contributed by atoms with Crippen LogP contribution in [0.4, 0.5) is 0 Å². The zero-order valence-corrected chi connectivity index (χ0v) is 14.1. The minimum Gasteiger partial charge on any atom is -0.361 e. The Bertz CT molecular complexity index is 817. The molecule has 0 atom stereocenters. The summed E-state index contributed by atoms with van der Waals surface area (Å²) in [6.07, 6.45) is 0. The summed E-state index contributed by atoms with van der Waals surface area (Å²) < 4.78 is 6.83. The lowest BCUT2D eigenvalue weighted by molar-refractivity contribution is 0.0942. The van der Waals surface area contributed by atoms with Crippen LogP contribution < -0.4 is 5.32 Å². The van der Waals surface area contributed by atoms with E-state index in [1.807, 2.05) is 17.7 Å². The van der Waals surface area contributed by atoms with E-state index in [9.17, 15) is 4.79 Å². The van der Waals surface area contributed by atoms with E-state index in [4.69, 9.17) is 4.52 Å². The van der Waals surface area contributed by atoms with Gasteiger partial charge in [-0.05, 0) is 32.2 Å². The van der Waals surface area contributed by atoms with Crippen LogP contribution in [0, 0.1) is 20.8 Å². The van der Waals surface area contributed by atoms with Crippen LogP contribution in [0.25, 0.3) is 10.4 Å². The Labute approximate surface area is 138 Å². The maximum atomic E-state index is 11.9. The number of thiophene rings is 1. The number of hydrogen-bond acceptors (Lipinski definition) is 5. The summed E-state index contributed by atoms with van der Waals surface area (Å²) in [5.41, 5.74) is 3.59. The lowest BCUT2D eigenvalue weighted by atomic mass is 10.1. The van der Waals surface area contributed by atoms with Crippen molar-refractivity contribution in [2.45, 2.75) is 27.3 Å². The second-order valence-electron chi connectivity index (χ2n) is 5.32. The highest BCUT2D eigenvalue weighted by atomic mass is 32.1. The topological polar surface area (TPSA) is 73.0 Å². The number of aromatic nitrogens is 3. The second kappa shape index (κ2) is 6.37. The molecule has 0 radical (unpaired) electrons. The lowest BCUT2D eigenvalue weighted by Crippen LogP contribution is -2.28. The summed E-state index contributed by atoms with van der Waals surface area (Å²) in [5, 5.41) is 13.2. The molecule has 0 saturated carbocycles. The van der Waals surface area contributed by atoms with E-state index in [0.29, 0.717) is 24.5 Å². The zero-order chi connectivity index (χ0) is 16.4. The molecule has 23 heavy (non-hydrogen) atoms. The van der Waals surface area contributed by atoms with Gasteiger partial charge in [0.2, 0.25) is 0 Å². The zero-order valence-electron chi connectivity index (χ0n) is 13.3. The molecule has 0 aliphatic heterocycles. The number of rotatable bonds is 5. The van der Waals surface area contributed by atoms with Crippen LogP contribution in [-0.2, 0) is 6.54 Å².